The fraction of sp³-hybridized carbons (Fsp3) is 0.364. The quantitative estimate of drug-likeness (QED) is 0.330. The molecule has 0 radical (unpaired) electrons. The zero-order chi connectivity index (χ0) is 14.5. The fourth-order valence-corrected chi connectivity index (χ4v) is 2.44. The van der Waals surface area contributed by atoms with Crippen molar-refractivity contribution in [1.29, 1.82) is 5.41 Å². The average molecular weight is 286 g/mol. The number of nitrogens with one attached hydrogen (secondary N) is 3. The minimum Gasteiger partial charge on any atom is -0.308 e. The van der Waals surface area contributed by atoms with Crippen LogP contribution in [-0.4, -0.2) is 51.5 Å². The zero-order valence-corrected chi connectivity index (χ0v) is 11.7. The van der Waals surface area contributed by atoms with E-state index in [-0.39, 0.29) is 16.3 Å². The van der Waals surface area contributed by atoms with Crippen LogP contribution in [0.3, 0.4) is 0 Å². The number of rotatable bonds is 6. The number of hydroxylamine groups is 1. The lowest BCUT2D eigenvalue weighted by atomic mass is 10.2. The van der Waals surface area contributed by atoms with E-state index in [9.17, 15) is 8.42 Å². The Morgan fingerprint density at radius 3 is 2.68 bits per heavy atom. The standard InChI is InChI=1S/C11H18N4O3S/c1-15(2)7-6-13-19(17,18)10-5-3-4-9(8-10)11(12)14-16/h3-5,8,13,16H,6-7H2,1-2H3,(H2,12,14). The number of likely N-dealkylation sites (N-methyl/N-ethyl adjacent to an activating group) is 1. The van der Waals surface area contributed by atoms with Gasteiger partial charge in [0.05, 0.1) is 4.90 Å². The molecule has 19 heavy (non-hydrogen) atoms. The van der Waals surface area contributed by atoms with Crippen molar-refractivity contribution in [2.45, 2.75) is 4.90 Å². The average Bonchev–Trinajstić information content (AvgIpc) is 2.37. The van der Waals surface area contributed by atoms with E-state index in [1.807, 2.05) is 19.0 Å². The van der Waals surface area contributed by atoms with Gasteiger partial charge in [-0.2, -0.15) is 0 Å². The first-order valence-electron chi connectivity index (χ1n) is 5.60. The largest absolute Gasteiger partial charge is 0.308 e. The SMILES string of the molecule is CN(C)CCNS(=O)(=O)c1cccc(C(=N)NO)c1. The van der Waals surface area contributed by atoms with E-state index in [4.69, 9.17) is 10.6 Å². The molecule has 0 amide bonds. The van der Waals surface area contributed by atoms with Crippen LogP contribution < -0.4 is 10.2 Å². The Balaban J connectivity index is 2.86. The van der Waals surface area contributed by atoms with Crippen LogP contribution in [0.2, 0.25) is 0 Å². The third-order valence-electron chi connectivity index (χ3n) is 2.40. The lowest BCUT2D eigenvalue weighted by Crippen LogP contribution is -2.31. The summed E-state index contributed by atoms with van der Waals surface area (Å²) >= 11 is 0. The van der Waals surface area contributed by atoms with Crippen LogP contribution in [0.5, 0.6) is 0 Å². The molecule has 4 N–H and O–H groups in total. The van der Waals surface area contributed by atoms with Gasteiger partial charge < -0.3 is 4.90 Å². The Bertz CT molecular complexity index is 543. The summed E-state index contributed by atoms with van der Waals surface area (Å²) < 4.78 is 26.5. The minimum absolute atomic E-state index is 0.0590. The van der Waals surface area contributed by atoms with E-state index in [0.717, 1.165) is 0 Å². The van der Waals surface area contributed by atoms with Crippen molar-refractivity contribution in [2.75, 3.05) is 27.2 Å². The predicted molar refractivity (Wildman–Crippen MR) is 71.9 cm³/mol. The number of amidine groups is 1. The fourth-order valence-electron chi connectivity index (χ4n) is 1.37. The van der Waals surface area contributed by atoms with Gasteiger partial charge in [-0.25, -0.2) is 13.1 Å². The summed E-state index contributed by atoms with van der Waals surface area (Å²) in [6, 6.07) is 5.81. The summed E-state index contributed by atoms with van der Waals surface area (Å²) in [6.45, 7) is 0.891. The van der Waals surface area contributed by atoms with Crippen LogP contribution in [-0.2, 0) is 10.0 Å². The molecule has 0 bridgehead atoms. The molecule has 0 heterocycles. The van der Waals surface area contributed by atoms with E-state index in [1.54, 1.807) is 5.48 Å². The molecule has 0 aliphatic carbocycles. The topological polar surface area (TPSA) is 106 Å². The number of sulfonamides is 1. The number of hydrogen-bond acceptors (Lipinski definition) is 5. The van der Waals surface area contributed by atoms with Gasteiger partial charge in [-0.1, -0.05) is 12.1 Å². The lowest BCUT2D eigenvalue weighted by molar-refractivity contribution is 0.234. The summed E-state index contributed by atoms with van der Waals surface area (Å²) in [6.07, 6.45) is 0. The monoisotopic (exact) mass is 286 g/mol. The molecule has 1 aromatic rings. The Labute approximate surface area is 112 Å². The van der Waals surface area contributed by atoms with Crippen LogP contribution in [0.4, 0.5) is 0 Å². The highest BCUT2D eigenvalue weighted by atomic mass is 32.2. The maximum atomic E-state index is 12.0. The summed E-state index contributed by atoms with van der Waals surface area (Å²) in [5.74, 6) is -0.259. The van der Waals surface area contributed by atoms with Gasteiger partial charge >= 0.3 is 0 Å². The van der Waals surface area contributed by atoms with Gasteiger partial charge in [0.25, 0.3) is 0 Å². The van der Waals surface area contributed by atoms with Crippen molar-refractivity contribution >= 4 is 15.9 Å². The van der Waals surface area contributed by atoms with Gasteiger partial charge in [-0.15, -0.1) is 0 Å². The Morgan fingerprint density at radius 2 is 2.11 bits per heavy atom. The van der Waals surface area contributed by atoms with Gasteiger partial charge in [0.2, 0.25) is 10.0 Å². The van der Waals surface area contributed by atoms with Crippen LogP contribution >= 0.6 is 0 Å². The van der Waals surface area contributed by atoms with Crippen LogP contribution in [0.25, 0.3) is 0 Å². The first kappa shape index (κ1) is 15.6. The highest BCUT2D eigenvalue weighted by Gasteiger charge is 2.14. The van der Waals surface area contributed by atoms with E-state index in [0.29, 0.717) is 13.1 Å². The van der Waals surface area contributed by atoms with Crippen LogP contribution in [0, 0.1) is 5.41 Å². The number of benzene rings is 1. The normalized spacial score (nSPS) is 11.6. The molecule has 0 unspecified atom stereocenters. The molecule has 1 rings (SSSR count). The third-order valence-corrected chi connectivity index (χ3v) is 3.85. The van der Waals surface area contributed by atoms with Crippen molar-refractivity contribution in [3.63, 3.8) is 0 Å². The maximum Gasteiger partial charge on any atom is 0.240 e. The molecule has 106 valence electrons. The Morgan fingerprint density at radius 1 is 1.42 bits per heavy atom. The summed E-state index contributed by atoms with van der Waals surface area (Å²) in [7, 11) is 0.0978. The predicted octanol–water partition coefficient (Wildman–Crippen LogP) is -0.169. The first-order chi connectivity index (χ1) is 8.86. The second kappa shape index (κ2) is 6.62. The van der Waals surface area contributed by atoms with Crippen molar-refractivity contribution in [2.24, 2.45) is 0 Å². The van der Waals surface area contributed by atoms with Crippen LogP contribution in [0.15, 0.2) is 29.2 Å². The van der Waals surface area contributed by atoms with Crippen molar-refractivity contribution in [3.8, 4) is 0 Å². The number of nitrogens with zero attached hydrogens (tertiary/aromatic N) is 1. The molecule has 0 saturated heterocycles. The molecule has 0 aliphatic heterocycles. The molecule has 8 heteroatoms. The molecule has 1 aromatic carbocycles. The Kier molecular flexibility index (Phi) is 5.43. The van der Waals surface area contributed by atoms with Gasteiger partial charge in [0.15, 0.2) is 0 Å². The van der Waals surface area contributed by atoms with Gasteiger partial charge in [0.1, 0.15) is 5.84 Å². The molecule has 7 nitrogen and oxygen atoms in total. The second-order valence-corrected chi connectivity index (χ2v) is 5.98. The second-order valence-electron chi connectivity index (χ2n) is 4.22. The van der Waals surface area contributed by atoms with Gasteiger partial charge in [-0.05, 0) is 26.2 Å². The maximum absolute atomic E-state index is 12.0. The summed E-state index contributed by atoms with van der Waals surface area (Å²) in [4.78, 5) is 1.92. The third kappa shape index (κ3) is 4.60. The molecule has 0 aromatic heterocycles. The molecule has 0 atom stereocenters. The zero-order valence-electron chi connectivity index (χ0n) is 10.8. The van der Waals surface area contributed by atoms with Crippen molar-refractivity contribution in [1.82, 2.24) is 15.1 Å². The minimum atomic E-state index is -3.60. The number of hydrogen-bond donors (Lipinski definition) is 4. The Hall–Kier alpha value is -1.48. The molecule has 0 aliphatic rings. The molecule has 0 spiro atoms. The van der Waals surface area contributed by atoms with Crippen LogP contribution in [0.1, 0.15) is 5.56 Å². The smallest absolute Gasteiger partial charge is 0.240 e. The summed E-state index contributed by atoms with van der Waals surface area (Å²) in [5, 5.41) is 16.0. The van der Waals surface area contributed by atoms with Crippen molar-refractivity contribution in [3.05, 3.63) is 29.8 Å². The van der Waals surface area contributed by atoms with Crippen molar-refractivity contribution < 1.29 is 13.6 Å². The van der Waals surface area contributed by atoms with Gasteiger partial charge in [-0.3, -0.25) is 16.1 Å². The summed E-state index contributed by atoms with van der Waals surface area (Å²) in [5.41, 5.74) is 1.97. The molecular formula is C11H18N4O3S. The molecule has 0 fully saturated rings. The van der Waals surface area contributed by atoms with E-state index < -0.39 is 10.0 Å². The highest BCUT2D eigenvalue weighted by Crippen LogP contribution is 2.11. The van der Waals surface area contributed by atoms with Gasteiger partial charge in [0, 0.05) is 18.7 Å². The lowest BCUT2D eigenvalue weighted by Gasteiger charge is -2.11. The van der Waals surface area contributed by atoms with E-state index in [2.05, 4.69) is 4.72 Å². The molecular weight excluding hydrogens is 268 g/mol. The van der Waals surface area contributed by atoms with E-state index >= 15 is 0 Å². The highest BCUT2D eigenvalue weighted by molar-refractivity contribution is 7.89. The van der Waals surface area contributed by atoms with E-state index in [1.165, 1.54) is 24.3 Å². The first-order valence-corrected chi connectivity index (χ1v) is 7.08. The molecule has 0 saturated carbocycles.